The highest BCUT2D eigenvalue weighted by Crippen LogP contribution is 2.35. The monoisotopic (exact) mass is 1110 g/mol. The molecular weight excluding hydrogens is 1050 g/mol. The minimum absolute atomic E-state index is 0.165. The molecule has 0 aliphatic carbocycles. The molecule has 0 fully saturated rings. The molecule has 406 valence electrons. The van der Waals surface area contributed by atoms with Crippen LogP contribution in [0.4, 0.5) is 0 Å². The molecule has 0 N–H and O–H groups in total. The summed E-state index contributed by atoms with van der Waals surface area (Å²) in [6.45, 7) is 0. The van der Waals surface area contributed by atoms with E-state index in [2.05, 4.69) is 48.6 Å². The van der Waals surface area contributed by atoms with Crippen molar-refractivity contribution in [3.05, 3.63) is 302 Å². The van der Waals surface area contributed by atoms with Gasteiger partial charge in [0.25, 0.3) is 0 Å². The van der Waals surface area contributed by atoms with Gasteiger partial charge >= 0.3 is 0 Å². The van der Waals surface area contributed by atoms with E-state index in [0.29, 0.717) is 75.1 Å². The Morgan fingerprint density at radius 2 is 0.465 bits per heavy atom. The zero-order chi connectivity index (χ0) is 57.4. The Bertz CT molecular complexity index is 4330. The summed E-state index contributed by atoms with van der Waals surface area (Å²) in [6, 6.07) is 91.1. The third-order valence-corrected chi connectivity index (χ3v) is 14.7. The number of aromatic nitrogens is 10. The van der Waals surface area contributed by atoms with Gasteiger partial charge in [0.05, 0.1) is 51.3 Å². The van der Waals surface area contributed by atoms with Crippen molar-refractivity contribution in [3.63, 3.8) is 0 Å². The van der Waals surface area contributed by atoms with E-state index in [4.69, 9.17) is 54.8 Å². The van der Waals surface area contributed by atoms with Gasteiger partial charge in [-0.25, -0.2) is 54.8 Å². The van der Waals surface area contributed by atoms with Crippen molar-refractivity contribution in [2.45, 2.75) is 12.8 Å². The summed E-state index contributed by atoms with van der Waals surface area (Å²) >= 11 is 0. The van der Waals surface area contributed by atoms with Crippen LogP contribution in [0.2, 0.25) is 0 Å². The van der Waals surface area contributed by atoms with Crippen LogP contribution >= 0.6 is 0 Å². The van der Waals surface area contributed by atoms with Gasteiger partial charge in [-0.15, -0.1) is 0 Å². The second-order valence-electron chi connectivity index (χ2n) is 20.5. The highest BCUT2D eigenvalue weighted by Gasteiger charge is 2.24. The average Bonchev–Trinajstić information content (AvgIpc) is 3.76. The normalized spacial score (nSPS) is 12.3. The summed E-state index contributed by atoms with van der Waals surface area (Å²) in [5, 5.41) is 0. The largest absolute Gasteiger partial charge is 0.246 e. The second-order valence-corrected chi connectivity index (χ2v) is 20.5. The lowest BCUT2D eigenvalue weighted by molar-refractivity contribution is 1.03. The van der Waals surface area contributed by atoms with Gasteiger partial charge in [0.15, 0.2) is 29.1 Å². The third kappa shape index (κ3) is 11.6. The first-order valence-corrected chi connectivity index (χ1v) is 28.5. The molecule has 11 nitrogen and oxygen atoms in total. The standard InChI is InChI=1S/C75H51N11/c1-9-26-50(27-10-1)58-42-25-43-59(76-60(44-58)51-28-11-2-12-29-51)67-48-68(71-77-61(52-30-13-3-14-31-52)45-62(78-71)53-32-15-4-16-33-53)84-74(83-67)75-85-69(72-79-63(54-34-17-5-18-35-54)46-64(80-72)55-36-19-6-20-37-55)49-70(86-75)73-81-65(56-38-21-7-22-39-56)47-66(82-73)57-40-23-8-24-41-57/h1-24,26-41,43-49H,25,42H2. The highest BCUT2D eigenvalue weighted by atomic mass is 15.1. The van der Waals surface area contributed by atoms with Gasteiger partial charge in [-0.05, 0) is 60.4 Å². The Hall–Kier alpha value is -11.7. The first kappa shape index (κ1) is 52.4. The first-order chi connectivity index (χ1) is 42.6. The predicted molar refractivity (Wildman–Crippen MR) is 343 cm³/mol. The molecule has 0 saturated carbocycles. The van der Waals surface area contributed by atoms with Crippen LogP contribution in [0.3, 0.4) is 0 Å². The van der Waals surface area contributed by atoms with Crippen molar-refractivity contribution < 1.29 is 0 Å². The summed E-state index contributed by atoms with van der Waals surface area (Å²) in [7, 11) is 0. The SMILES string of the molecule is C1=C(c2ccccc2)CCC=C(c2cc(-c3nc(-c4ccccc4)cc(-c4ccccc4)n3)nc(-c3nc(-c4nc(-c5ccccc5)cc(-c5ccccc5)n4)cc(-c4nc(-c5ccccc5)cc(-c5ccccc5)n4)n3)n2)N=C1c1ccccc1. The van der Waals surface area contributed by atoms with Crippen molar-refractivity contribution in [2.75, 3.05) is 0 Å². The number of allylic oxidation sites excluding steroid dienone is 3. The van der Waals surface area contributed by atoms with Crippen LogP contribution in [-0.2, 0) is 0 Å². The minimum atomic E-state index is 0.165. The van der Waals surface area contributed by atoms with Crippen LogP contribution < -0.4 is 0 Å². The maximum absolute atomic E-state index is 5.53. The number of benzene rings is 8. The number of nitrogens with zero attached hydrogens (tertiary/aromatic N) is 11. The van der Waals surface area contributed by atoms with Gasteiger partial charge in [0.1, 0.15) is 17.1 Å². The molecule has 1 aliphatic rings. The molecule has 8 aromatic carbocycles. The van der Waals surface area contributed by atoms with E-state index in [9.17, 15) is 0 Å². The van der Waals surface area contributed by atoms with Gasteiger partial charge in [-0.1, -0.05) is 249 Å². The topological polar surface area (TPSA) is 141 Å². The summed E-state index contributed by atoms with van der Waals surface area (Å²) in [4.78, 5) is 58.9. The van der Waals surface area contributed by atoms with Crippen molar-refractivity contribution in [1.29, 1.82) is 0 Å². The van der Waals surface area contributed by atoms with Crippen LogP contribution in [0.15, 0.2) is 290 Å². The lowest BCUT2D eigenvalue weighted by Crippen LogP contribution is -2.07. The molecule has 1 aliphatic heterocycles. The van der Waals surface area contributed by atoms with Crippen LogP contribution in [0.5, 0.6) is 0 Å². The van der Waals surface area contributed by atoms with Gasteiger partial charge in [-0.2, -0.15) is 0 Å². The molecule has 0 atom stereocenters. The Morgan fingerprint density at radius 1 is 0.221 bits per heavy atom. The van der Waals surface area contributed by atoms with E-state index in [0.717, 1.165) is 68.0 Å². The highest BCUT2D eigenvalue weighted by molar-refractivity contribution is 6.14. The smallest absolute Gasteiger partial charge is 0.199 e. The molecule has 0 bridgehead atoms. The summed E-state index contributed by atoms with van der Waals surface area (Å²) in [5.41, 5.74) is 16.2. The van der Waals surface area contributed by atoms with Crippen LogP contribution in [0, 0.1) is 0 Å². The van der Waals surface area contributed by atoms with E-state index < -0.39 is 0 Å². The quantitative estimate of drug-likeness (QED) is 0.110. The summed E-state index contributed by atoms with van der Waals surface area (Å²) in [6.07, 6.45) is 5.76. The molecular formula is C75H51N11. The lowest BCUT2D eigenvalue weighted by Gasteiger charge is -2.15. The number of hydrogen-bond acceptors (Lipinski definition) is 11. The van der Waals surface area contributed by atoms with Crippen LogP contribution in [0.25, 0.3) is 125 Å². The maximum atomic E-state index is 5.53. The lowest BCUT2D eigenvalue weighted by atomic mass is 9.96. The Morgan fingerprint density at radius 3 is 0.779 bits per heavy atom. The van der Waals surface area contributed by atoms with Crippen LogP contribution in [-0.4, -0.2) is 55.6 Å². The van der Waals surface area contributed by atoms with E-state index >= 15 is 0 Å². The van der Waals surface area contributed by atoms with E-state index in [-0.39, 0.29) is 11.6 Å². The number of rotatable bonds is 13. The zero-order valence-corrected chi connectivity index (χ0v) is 46.5. The fourth-order valence-electron chi connectivity index (χ4n) is 10.4. The van der Waals surface area contributed by atoms with Crippen molar-refractivity contribution in [1.82, 2.24) is 49.8 Å². The van der Waals surface area contributed by atoms with Crippen LogP contribution in [0.1, 0.15) is 29.7 Å². The molecule has 0 spiro atoms. The van der Waals surface area contributed by atoms with Gasteiger partial charge in [-0.3, -0.25) is 0 Å². The Labute approximate surface area is 497 Å². The van der Waals surface area contributed by atoms with E-state index in [1.807, 2.05) is 237 Å². The Kier molecular flexibility index (Phi) is 14.6. The minimum Gasteiger partial charge on any atom is -0.246 e. The van der Waals surface area contributed by atoms with Crippen molar-refractivity contribution in [3.8, 4) is 114 Å². The average molecular weight is 1110 g/mol. The molecule has 14 rings (SSSR count). The maximum Gasteiger partial charge on any atom is 0.199 e. The summed E-state index contributed by atoms with van der Waals surface area (Å²) in [5.74, 6) is 1.41. The fraction of sp³-hybridized carbons (Fsp3) is 0.0267. The molecule has 0 radical (unpaired) electrons. The van der Waals surface area contributed by atoms with Gasteiger partial charge < -0.3 is 0 Å². The molecule has 0 saturated heterocycles. The Balaban J connectivity index is 1.04. The van der Waals surface area contributed by atoms with E-state index in [1.54, 1.807) is 0 Å². The molecule has 11 heteroatoms. The second kappa shape index (κ2) is 24.0. The zero-order valence-electron chi connectivity index (χ0n) is 46.5. The molecule has 0 amide bonds. The van der Waals surface area contributed by atoms with Crippen molar-refractivity contribution >= 4 is 17.0 Å². The van der Waals surface area contributed by atoms with Gasteiger partial charge in [0, 0.05) is 38.9 Å². The molecule has 6 heterocycles. The molecule has 86 heavy (non-hydrogen) atoms. The van der Waals surface area contributed by atoms with Gasteiger partial charge in [0.2, 0.25) is 0 Å². The molecule has 13 aromatic rings. The fourth-order valence-corrected chi connectivity index (χ4v) is 10.4. The molecule has 5 aromatic heterocycles. The third-order valence-electron chi connectivity index (χ3n) is 14.7. The number of hydrogen-bond donors (Lipinski definition) is 0. The number of aliphatic imine (C=N–C) groups is 1. The summed E-state index contributed by atoms with van der Waals surface area (Å²) < 4.78 is 0. The first-order valence-electron chi connectivity index (χ1n) is 28.5. The molecule has 0 unspecified atom stereocenters. The predicted octanol–water partition coefficient (Wildman–Crippen LogP) is 17.0. The van der Waals surface area contributed by atoms with Crippen molar-refractivity contribution in [2.24, 2.45) is 4.99 Å². The van der Waals surface area contributed by atoms with E-state index in [1.165, 1.54) is 5.57 Å².